The van der Waals surface area contributed by atoms with Crippen LogP contribution in [0.1, 0.15) is 52.4 Å². The number of ether oxygens (including phenoxy) is 3. The van der Waals surface area contributed by atoms with Crippen LogP contribution in [-0.4, -0.2) is 62.1 Å². The molecule has 0 aromatic rings. The molecule has 1 heterocycles. The van der Waals surface area contributed by atoms with Crippen molar-refractivity contribution in [1.29, 1.82) is 0 Å². The Bertz CT molecular complexity index is 197. The van der Waals surface area contributed by atoms with E-state index in [1.54, 1.807) is 0 Å². The van der Waals surface area contributed by atoms with Crippen LogP contribution in [0, 0.1) is 0 Å². The number of hydrogen-bond donors (Lipinski definition) is 2. The second-order valence-corrected chi connectivity index (χ2v) is 5.30. The standard InChI is InChI=1S/C8H18O3.C8H16O2/c1-2-3-5-11-6-4-8(10)7-9;1-2-3-5-9-6-4-8-7-10-8/h8-10H,2-7H2,1H3;8H,2-7H2,1H3/t2*8-/m00/s1. The molecule has 21 heavy (non-hydrogen) atoms. The van der Waals surface area contributed by atoms with Crippen molar-refractivity contribution in [3.05, 3.63) is 0 Å². The van der Waals surface area contributed by atoms with Gasteiger partial charge in [-0.05, 0) is 25.7 Å². The predicted octanol–water partition coefficient (Wildman–Crippen LogP) is 2.14. The van der Waals surface area contributed by atoms with Crippen molar-refractivity contribution < 1.29 is 24.4 Å². The number of aliphatic hydroxyl groups is 2. The van der Waals surface area contributed by atoms with Gasteiger partial charge >= 0.3 is 0 Å². The molecule has 2 N–H and O–H groups in total. The molecule has 5 nitrogen and oxygen atoms in total. The first-order valence-electron chi connectivity index (χ1n) is 8.30. The van der Waals surface area contributed by atoms with Crippen molar-refractivity contribution in [1.82, 2.24) is 0 Å². The van der Waals surface area contributed by atoms with Crippen molar-refractivity contribution in [2.45, 2.75) is 64.6 Å². The summed E-state index contributed by atoms with van der Waals surface area (Å²) in [5.41, 5.74) is 0. The highest BCUT2D eigenvalue weighted by Gasteiger charge is 2.21. The lowest BCUT2D eigenvalue weighted by Crippen LogP contribution is -2.14. The van der Waals surface area contributed by atoms with Crippen LogP contribution in [0.15, 0.2) is 0 Å². The van der Waals surface area contributed by atoms with Crippen LogP contribution in [0.2, 0.25) is 0 Å². The molecule has 0 aromatic heterocycles. The van der Waals surface area contributed by atoms with E-state index < -0.39 is 6.10 Å². The Morgan fingerprint density at radius 2 is 1.62 bits per heavy atom. The molecule has 1 saturated heterocycles. The zero-order chi connectivity index (χ0) is 15.8. The second-order valence-electron chi connectivity index (χ2n) is 5.30. The zero-order valence-electron chi connectivity index (χ0n) is 13.8. The van der Waals surface area contributed by atoms with E-state index in [-0.39, 0.29) is 6.61 Å². The summed E-state index contributed by atoms with van der Waals surface area (Å²) in [5.74, 6) is 0. The average molecular weight is 306 g/mol. The van der Waals surface area contributed by atoms with E-state index in [4.69, 9.17) is 24.4 Å². The molecule has 2 atom stereocenters. The Hall–Kier alpha value is -0.200. The van der Waals surface area contributed by atoms with E-state index >= 15 is 0 Å². The van der Waals surface area contributed by atoms with Gasteiger partial charge in [-0.2, -0.15) is 0 Å². The molecule has 0 amide bonds. The summed E-state index contributed by atoms with van der Waals surface area (Å²) in [4.78, 5) is 0. The van der Waals surface area contributed by atoms with Gasteiger partial charge in [0.25, 0.3) is 0 Å². The number of rotatable bonds is 13. The van der Waals surface area contributed by atoms with Crippen LogP contribution < -0.4 is 0 Å². The van der Waals surface area contributed by atoms with Gasteiger partial charge in [0.1, 0.15) is 0 Å². The van der Waals surface area contributed by atoms with Gasteiger partial charge in [0.05, 0.1) is 25.4 Å². The first kappa shape index (κ1) is 20.8. The SMILES string of the molecule is CCCCOCC[C@H](O)CO.CCCCOCC[C@H]1CO1. The minimum Gasteiger partial charge on any atom is -0.394 e. The molecule has 0 unspecified atom stereocenters. The van der Waals surface area contributed by atoms with Crippen LogP contribution in [0.25, 0.3) is 0 Å². The molecule has 0 aromatic carbocycles. The summed E-state index contributed by atoms with van der Waals surface area (Å²) in [6.07, 6.45) is 6.13. The normalized spacial score (nSPS) is 18.0. The van der Waals surface area contributed by atoms with Gasteiger partial charge in [-0.25, -0.2) is 0 Å². The molecule has 1 aliphatic rings. The molecule has 1 fully saturated rings. The molecule has 1 rings (SSSR count). The molecule has 0 saturated carbocycles. The van der Waals surface area contributed by atoms with E-state index in [0.29, 0.717) is 19.1 Å². The molecule has 128 valence electrons. The van der Waals surface area contributed by atoms with E-state index in [9.17, 15) is 0 Å². The largest absolute Gasteiger partial charge is 0.394 e. The lowest BCUT2D eigenvalue weighted by molar-refractivity contribution is 0.0478. The third-order valence-corrected chi connectivity index (χ3v) is 3.08. The Kier molecular flexibility index (Phi) is 16.0. The van der Waals surface area contributed by atoms with Crippen LogP contribution in [0.3, 0.4) is 0 Å². The summed E-state index contributed by atoms with van der Waals surface area (Å²) >= 11 is 0. The summed E-state index contributed by atoms with van der Waals surface area (Å²) < 4.78 is 15.6. The van der Waals surface area contributed by atoms with E-state index in [1.807, 2.05) is 0 Å². The summed E-state index contributed by atoms with van der Waals surface area (Å²) in [5, 5.41) is 17.3. The molecule has 0 aliphatic carbocycles. The molecule has 0 radical (unpaired) electrons. The lowest BCUT2D eigenvalue weighted by atomic mass is 10.3. The van der Waals surface area contributed by atoms with Crippen molar-refractivity contribution in [2.75, 3.05) is 39.6 Å². The van der Waals surface area contributed by atoms with Crippen molar-refractivity contribution >= 4 is 0 Å². The highest BCUT2D eigenvalue weighted by atomic mass is 16.6. The molecule has 0 bridgehead atoms. The predicted molar refractivity (Wildman–Crippen MR) is 83.5 cm³/mol. The number of hydrogen-bond acceptors (Lipinski definition) is 5. The number of epoxide rings is 1. The minimum absolute atomic E-state index is 0.170. The highest BCUT2D eigenvalue weighted by Crippen LogP contribution is 2.12. The first-order chi connectivity index (χ1) is 10.2. The third kappa shape index (κ3) is 17.7. The summed E-state index contributed by atoms with van der Waals surface area (Å²) in [6, 6.07) is 0. The van der Waals surface area contributed by atoms with E-state index in [0.717, 1.165) is 45.7 Å². The van der Waals surface area contributed by atoms with E-state index in [2.05, 4.69) is 13.8 Å². The maximum Gasteiger partial charge on any atom is 0.0831 e. The maximum absolute atomic E-state index is 8.88. The Balaban J connectivity index is 0.000000382. The lowest BCUT2D eigenvalue weighted by Gasteiger charge is -2.06. The van der Waals surface area contributed by atoms with Gasteiger partial charge in [-0.3, -0.25) is 0 Å². The monoisotopic (exact) mass is 306 g/mol. The average Bonchev–Trinajstić information content (AvgIpc) is 3.31. The van der Waals surface area contributed by atoms with Gasteiger partial charge in [0, 0.05) is 26.4 Å². The number of aliphatic hydroxyl groups excluding tert-OH is 2. The molecular formula is C16H34O5. The fraction of sp³-hybridized carbons (Fsp3) is 1.00. The fourth-order valence-electron chi connectivity index (χ4n) is 1.46. The van der Waals surface area contributed by atoms with E-state index in [1.165, 1.54) is 12.8 Å². The minimum atomic E-state index is -0.614. The second kappa shape index (κ2) is 16.2. The third-order valence-electron chi connectivity index (χ3n) is 3.08. The Labute approximate surface area is 129 Å². The summed E-state index contributed by atoms with van der Waals surface area (Å²) in [7, 11) is 0. The Morgan fingerprint density at radius 3 is 2.10 bits per heavy atom. The molecule has 1 aliphatic heterocycles. The topological polar surface area (TPSA) is 71.5 Å². The van der Waals surface area contributed by atoms with Gasteiger partial charge in [-0.1, -0.05) is 26.7 Å². The number of unbranched alkanes of at least 4 members (excludes halogenated alkanes) is 2. The first-order valence-corrected chi connectivity index (χ1v) is 8.30. The van der Waals surface area contributed by atoms with Crippen molar-refractivity contribution in [3.63, 3.8) is 0 Å². The van der Waals surface area contributed by atoms with Crippen molar-refractivity contribution in [2.24, 2.45) is 0 Å². The van der Waals surface area contributed by atoms with Gasteiger partial charge in [0.15, 0.2) is 0 Å². The Morgan fingerprint density at radius 1 is 1.05 bits per heavy atom. The smallest absolute Gasteiger partial charge is 0.0831 e. The van der Waals surface area contributed by atoms with Crippen LogP contribution in [0.5, 0.6) is 0 Å². The van der Waals surface area contributed by atoms with Crippen LogP contribution >= 0.6 is 0 Å². The van der Waals surface area contributed by atoms with Gasteiger partial charge in [-0.15, -0.1) is 0 Å². The van der Waals surface area contributed by atoms with Gasteiger partial charge in [0.2, 0.25) is 0 Å². The van der Waals surface area contributed by atoms with Crippen molar-refractivity contribution in [3.8, 4) is 0 Å². The van der Waals surface area contributed by atoms with Gasteiger partial charge < -0.3 is 24.4 Å². The quantitative estimate of drug-likeness (QED) is 0.403. The maximum atomic E-state index is 8.88. The molecular weight excluding hydrogens is 272 g/mol. The highest BCUT2D eigenvalue weighted by molar-refractivity contribution is 4.67. The molecule has 5 heteroatoms. The van der Waals surface area contributed by atoms with Crippen LogP contribution in [-0.2, 0) is 14.2 Å². The fourth-order valence-corrected chi connectivity index (χ4v) is 1.46. The summed E-state index contributed by atoms with van der Waals surface area (Å²) in [6.45, 7) is 8.16. The molecule has 0 spiro atoms. The zero-order valence-corrected chi connectivity index (χ0v) is 13.8. The van der Waals surface area contributed by atoms with Crippen LogP contribution in [0.4, 0.5) is 0 Å².